The summed E-state index contributed by atoms with van der Waals surface area (Å²) in [6.07, 6.45) is 0. The Bertz CT molecular complexity index is 8250. The third kappa shape index (κ3) is 16.2. The quantitative estimate of drug-likeness (QED) is 0.101. The molecule has 0 amide bonds. The molecular formula is C136H114N4. The molecule has 0 aliphatic heterocycles. The summed E-state index contributed by atoms with van der Waals surface area (Å²) in [5.74, 6) is 0. The first kappa shape index (κ1) is 88.9. The number of fused-ring (bicyclic) bond motifs is 16. The fourth-order valence-electron chi connectivity index (χ4n) is 22.3. The first-order valence-electron chi connectivity index (χ1n) is 49.2. The highest BCUT2D eigenvalue weighted by atomic mass is 15.2. The Kier molecular flexibility index (Phi) is 23.0. The van der Waals surface area contributed by atoms with Gasteiger partial charge in [0.2, 0.25) is 0 Å². The van der Waals surface area contributed by atoms with Crippen LogP contribution in [-0.4, -0.2) is 0 Å². The van der Waals surface area contributed by atoms with Gasteiger partial charge in [-0.3, -0.25) is 0 Å². The van der Waals surface area contributed by atoms with E-state index in [4.69, 9.17) is 0 Å². The van der Waals surface area contributed by atoms with Gasteiger partial charge in [0.1, 0.15) is 0 Å². The van der Waals surface area contributed by atoms with E-state index in [-0.39, 0.29) is 21.7 Å². The van der Waals surface area contributed by atoms with Crippen LogP contribution in [0.3, 0.4) is 0 Å². The van der Waals surface area contributed by atoms with Crippen LogP contribution >= 0.6 is 0 Å². The minimum Gasteiger partial charge on any atom is -0.310 e. The number of benzene rings is 21. The van der Waals surface area contributed by atoms with Crippen molar-refractivity contribution in [2.75, 3.05) is 19.6 Å². The van der Waals surface area contributed by atoms with Gasteiger partial charge in [0, 0.05) is 89.5 Å². The van der Waals surface area contributed by atoms with Crippen LogP contribution in [0.25, 0.3) is 99.1 Å². The predicted molar refractivity (Wildman–Crippen MR) is 597 cm³/mol. The van der Waals surface area contributed by atoms with Crippen molar-refractivity contribution >= 4 is 101 Å². The zero-order valence-electron chi connectivity index (χ0n) is 81.8. The van der Waals surface area contributed by atoms with Crippen molar-refractivity contribution in [3.63, 3.8) is 0 Å². The monoisotopic (exact) mass is 1800 g/mol. The highest BCUT2D eigenvalue weighted by molar-refractivity contribution is 6.15. The van der Waals surface area contributed by atoms with E-state index in [0.717, 1.165) is 17.1 Å². The molecule has 0 unspecified atom stereocenters. The average molecular weight is 1800 g/mol. The maximum atomic E-state index is 2.44. The molecule has 0 atom stereocenters. The van der Waals surface area contributed by atoms with E-state index in [9.17, 15) is 0 Å². The molecule has 4 heteroatoms. The van der Waals surface area contributed by atoms with Crippen molar-refractivity contribution < 1.29 is 0 Å². The minimum atomic E-state index is -0.0493. The van der Waals surface area contributed by atoms with Gasteiger partial charge in [-0.15, -0.1) is 0 Å². The van der Waals surface area contributed by atoms with Gasteiger partial charge >= 0.3 is 0 Å². The van der Waals surface area contributed by atoms with Crippen molar-refractivity contribution in [3.8, 4) is 66.8 Å². The summed E-state index contributed by atoms with van der Waals surface area (Å²) in [4.78, 5) is 9.59. The molecule has 0 N–H and O–H groups in total. The maximum absolute atomic E-state index is 2.44. The van der Waals surface area contributed by atoms with Crippen molar-refractivity contribution in [1.82, 2.24) is 0 Å². The van der Waals surface area contributed by atoms with E-state index >= 15 is 0 Å². The van der Waals surface area contributed by atoms with Gasteiger partial charge in [0.15, 0.2) is 0 Å². The lowest BCUT2D eigenvalue weighted by Crippen LogP contribution is -2.16. The van der Waals surface area contributed by atoms with Gasteiger partial charge in [-0.1, -0.05) is 417 Å². The number of aryl methyl sites for hydroxylation is 4. The first-order chi connectivity index (χ1) is 68.1. The smallest absolute Gasteiger partial charge is 0.0546 e. The lowest BCUT2D eigenvalue weighted by Gasteiger charge is -2.30. The molecule has 0 heterocycles. The summed E-state index contributed by atoms with van der Waals surface area (Å²) in [7, 11) is 0. The molecule has 0 bridgehead atoms. The average Bonchev–Trinajstić information content (AvgIpc) is 1.59. The Labute approximate surface area is 825 Å². The van der Waals surface area contributed by atoms with Crippen LogP contribution < -0.4 is 19.6 Å². The molecule has 4 aliphatic carbocycles. The number of anilines is 12. The second-order valence-electron chi connectivity index (χ2n) is 40.3. The van der Waals surface area contributed by atoms with Crippen molar-refractivity contribution in [1.29, 1.82) is 0 Å². The van der Waals surface area contributed by atoms with Crippen LogP contribution in [0.5, 0.6) is 0 Å². The van der Waals surface area contributed by atoms with Gasteiger partial charge in [-0.25, -0.2) is 0 Å². The van der Waals surface area contributed by atoms with E-state index in [2.05, 4.69) is 576 Å². The fourth-order valence-corrected chi connectivity index (χ4v) is 22.3. The third-order valence-corrected chi connectivity index (χ3v) is 29.9. The molecule has 678 valence electrons. The lowest BCUT2D eigenvalue weighted by molar-refractivity contribution is 0.660. The Balaban J connectivity index is 0.000000107. The predicted octanol–water partition coefficient (Wildman–Crippen LogP) is 37.9. The molecular weight excluding hydrogens is 1690 g/mol. The molecule has 140 heavy (non-hydrogen) atoms. The summed E-state index contributed by atoms with van der Waals surface area (Å²) >= 11 is 0. The second kappa shape index (κ2) is 36.3. The van der Waals surface area contributed by atoms with Crippen LogP contribution in [0, 0.1) is 27.7 Å². The largest absolute Gasteiger partial charge is 0.310 e. The number of nitrogens with zero attached hydrogens (tertiary/aromatic N) is 4. The molecule has 4 nitrogen and oxygen atoms in total. The molecule has 0 spiro atoms. The van der Waals surface area contributed by atoms with Gasteiger partial charge in [-0.05, 0) is 294 Å². The van der Waals surface area contributed by atoms with E-state index in [1.807, 2.05) is 0 Å². The van der Waals surface area contributed by atoms with Gasteiger partial charge in [-0.2, -0.15) is 0 Å². The Morgan fingerprint density at radius 1 is 0.143 bits per heavy atom. The van der Waals surface area contributed by atoms with Gasteiger partial charge < -0.3 is 19.6 Å². The van der Waals surface area contributed by atoms with E-state index < -0.39 is 0 Å². The number of hydrogen-bond donors (Lipinski definition) is 0. The van der Waals surface area contributed by atoms with E-state index in [0.29, 0.717) is 0 Å². The number of rotatable bonds is 14. The molecule has 0 radical (unpaired) electrons. The standard InChI is InChI=1S/C36H29N.2C34H29N.C32H27N/c1-24-16-18-26(19-17-24)37(35-22-25-10-4-5-11-28(25)29-12-6-7-14-32(29)35)27-20-21-31-30-13-8-9-15-33(30)36(2,3)34(31)23-27;1-24-17-19-26(20-18-24)35(33-16-10-8-13-28(33)25-11-5-4-6-12-25)27-21-22-30-29-14-7-9-15-31(29)34(2,3)32(30)23-27;1-24-13-17-27(18-14-24)35(28-19-15-26(16-20-28)25-9-5-4-6-10-25)29-21-22-31-30-11-7-8-12-32(30)34(2,3)33(31)23-29;1-22-12-15-25(16-13-22)33(26-17-14-23-8-4-5-9-24(23)20-26)27-18-19-29-28-10-6-7-11-30(28)32(2,3)31(29)21-27/h4-23H,1-3H3;2*4-23H,1-3H3;4-21H,1-3H3. The maximum Gasteiger partial charge on any atom is 0.0546 e. The summed E-state index contributed by atoms with van der Waals surface area (Å²) < 4.78 is 0. The zero-order valence-corrected chi connectivity index (χ0v) is 81.8. The van der Waals surface area contributed by atoms with Crippen LogP contribution in [0.15, 0.2) is 473 Å². The van der Waals surface area contributed by atoms with Gasteiger partial charge in [0.05, 0.1) is 11.4 Å². The number of hydrogen-bond acceptors (Lipinski definition) is 4. The summed E-state index contributed by atoms with van der Waals surface area (Å²) in [6.45, 7) is 27.3. The molecule has 21 aromatic rings. The Hall–Kier alpha value is -16.4. The normalized spacial score (nSPS) is 13.4. The summed E-state index contributed by atoms with van der Waals surface area (Å²) in [6, 6.07) is 173. The first-order valence-corrected chi connectivity index (χ1v) is 49.2. The zero-order chi connectivity index (χ0) is 95.7. The Morgan fingerprint density at radius 2 is 0.400 bits per heavy atom. The highest BCUT2D eigenvalue weighted by Crippen LogP contribution is 2.57. The van der Waals surface area contributed by atoms with E-state index in [1.165, 1.54) is 217 Å². The minimum absolute atomic E-state index is 0.0235. The van der Waals surface area contributed by atoms with Crippen molar-refractivity contribution in [2.45, 2.75) is 105 Å². The van der Waals surface area contributed by atoms with Crippen molar-refractivity contribution in [3.05, 3.63) is 540 Å². The molecule has 4 aliphatic rings. The Morgan fingerprint density at radius 3 is 0.807 bits per heavy atom. The number of para-hydroxylation sites is 1. The molecule has 0 aromatic heterocycles. The molecule has 21 aromatic carbocycles. The third-order valence-electron chi connectivity index (χ3n) is 29.9. The summed E-state index contributed by atoms with van der Waals surface area (Å²) in [5.41, 5.74) is 45.8. The van der Waals surface area contributed by atoms with Crippen LogP contribution in [-0.2, 0) is 21.7 Å². The SMILES string of the molecule is Cc1ccc(N(c2ccc(-c3ccccc3)cc2)c2ccc3c(c2)C(C)(C)c2ccccc2-3)cc1.Cc1ccc(N(c2ccc3c(c2)C(C)(C)c2ccccc2-3)c2cc3ccccc3c3ccccc23)cc1.Cc1ccc(N(c2ccc3c(c2)C(C)(C)c2ccccc2-3)c2ccc3ccccc3c2)cc1.Cc1ccc(N(c2ccc3c(c2)C(C)(C)c2ccccc2-3)c2ccccc2-c2ccccc2)cc1. The van der Waals surface area contributed by atoms with Crippen molar-refractivity contribution in [2.24, 2.45) is 0 Å². The second-order valence-corrected chi connectivity index (χ2v) is 40.3. The van der Waals surface area contributed by atoms with E-state index in [1.54, 1.807) is 0 Å². The van der Waals surface area contributed by atoms with Crippen LogP contribution in [0.1, 0.15) is 122 Å². The fraction of sp³-hybridized carbons (Fsp3) is 0.118. The lowest BCUT2D eigenvalue weighted by atomic mass is 9.82. The van der Waals surface area contributed by atoms with Gasteiger partial charge in [0.25, 0.3) is 0 Å². The highest BCUT2D eigenvalue weighted by Gasteiger charge is 2.41. The van der Waals surface area contributed by atoms with Crippen LogP contribution in [0.2, 0.25) is 0 Å². The molecule has 0 saturated carbocycles. The molecule has 0 saturated heterocycles. The topological polar surface area (TPSA) is 13.0 Å². The molecule has 25 rings (SSSR count). The molecule has 0 fully saturated rings. The van der Waals surface area contributed by atoms with Crippen LogP contribution in [0.4, 0.5) is 68.2 Å². The summed E-state index contributed by atoms with van der Waals surface area (Å²) in [5, 5.41) is 7.58.